The molecule has 3 aromatic rings. The van der Waals surface area contributed by atoms with Gasteiger partial charge in [0.15, 0.2) is 0 Å². The second kappa shape index (κ2) is 6.42. The van der Waals surface area contributed by atoms with E-state index in [9.17, 15) is 0 Å². The largest absolute Gasteiger partial charge is 0.384 e. The van der Waals surface area contributed by atoms with Gasteiger partial charge in [-0.15, -0.1) is 0 Å². The van der Waals surface area contributed by atoms with Gasteiger partial charge in [0, 0.05) is 54.9 Å². The van der Waals surface area contributed by atoms with Crippen LogP contribution in [0.5, 0.6) is 0 Å². The van der Waals surface area contributed by atoms with Crippen LogP contribution in [0.3, 0.4) is 0 Å². The number of anilines is 2. The van der Waals surface area contributed by atoms with Crippen molar-refractivity contribution in [3.8, 4) is 11.1 Å². The zero-order valence-corrected chi connectivity index (χ0v) is 16.0. The van der Waals surface area contributed by atoms with Gasteiger partial charge in [-0.1, -0.05) is 0 Å². The van der Waals surface area contributed by atoms with Crippen molar-refractivity contribution in [1.82, 2.24) is 19.4 Å². The Bertz CT molecular complexity index is 1010. The maximum Gasteiger partial charge on any atom is 0.211 e. The van der Waals surface area contributed by atoms with E-state index in [1.54, 1.807) is 6.20 Å². The maximum atomic E-state index is 6.45. The van der Waals surface area contributed by atoms with Gasteiger partial charge in [0.05, 0.1) is 12.7 Å². The van der Waals surface area contributed by atoms with Crippen molar-refractivity contribution < 1.29 is 4.74 Å². The van der Waals surface area contributed by atoms with Gasteiger partial charge in [0.1, 0.15) is 11.5 Å². The SMILES string of the molecule is C[C@@H]1OCC2(CCN(c3ncc(-c4ccnc(N)c4)c4nccn34)CC2)[C@@H]1N. The van der Waals surface area contributed by atoms with Gasteiger partial charge in [0.25, 0.3) is 0 Å². The van der Waals surface area contributed by atoms with E-state index in [1.165, 1.54) is 0 Å². The second-order valence-electron chi connectivity index (χ2n) is 7.95. The van der Waals surface area contributed by atoms with Crippen LogP contribution in [0.4, 0.5) is 11.8 Å². The van der Waals surface area contributed by atoms with Crippen molar-refractivity contribution in [2.75, 3.05) is 30.3 Å². The minimum absolute atomic E-state index is 0.0957. The molecule has 2 aliphatic heterocycles. The monoisotopic (exact) mass is 379 g/mol. The van der Waals surface area contributed by atoms with E-state index < -0.39 is 0 Å². The molecule has 8 nitrogen and oxygen atoms in total. The summed E-state index contributed by atoms with van der Waals surface area (Å²) in [4.78, 5) is 15.7. The molecule has 2 aliphatic rings. The van der Waals surface area contributed by atoms with Crippen LogP contribution in [0.2, 0.25) is 0 Å². The summed E-state index contributed by atoms with van der Waals surface area (Å²) in [6, 6.07) is 3.88. The fraction of sp³-hybridized carbons (Fsp3) is 0.450. The van der Waals surface area contributed by atoms with Crippen molar-refractivity contribution in [3.05, 3.63) is 36.9 Å². The molecule has 1 spiro atoms. The molecule has 4 N–H and O–H groups in total. The first-order chi connectivity index (χ1) is 13.6. The molecule has 0 bridgehead atoms. The fourth-order valence-corrected chi connectivity index (χ4v) is 4.58. The van der Waals surface area contributed by atoms with E-state index in [0.717, 1.165) is 55.3 Å². The Kier molecular flexibility index (Phi) is 3.99. The molecule has 2 fully saturated rings. The second-order valence-corrected chi connectivity index (χ2v) is 7.95. The van der Waals surface area contributed by atoms with Crippen LogP contribution in [0, 0.1) is 5.41 Å². The summed E-state index contributed by atoms with van der Waals surface area (Å²) in [5, 5.41) is 0. The summed E-state index contributed by atoms with van der Waals surface area (Å²) in [5.74, 6) is 1.39. The smallest absolute Gasteiger partial charge is 0.211 e. The predicted octanol–water partition coefficient (Wildman–Crippen LogP) is 1.71. The van der Waals surface area contributed by atoms with Gasteiger partial charge in [-0.05, 0) is 37.5 Å². The average Bonchev–Trinajstić information content (AvgIpc) is 3.30. The standard InChI is InChI=1S/C20H25N7O/c1-13-17(22)20(12-28-13)3-7-26(8-4-20)19-25-11-15(18-24-6-9-27(18)19)14-2-5-23-16(21)10-14/h2,5-6,9-11,13,17H,3-4,7-8,12,22H2,1H3,(H2,21,23)/t13-,17+/m0/s1. The van der Waals surface area contributed by atoms with Crippen molar-refractivity contribution >= 4 is 17.4 Å². The van der Waals surface area contributed by atoms with E-state index in [2.05, 4.69) is 26.2 Å². The van der Waals surface area contributed by atoms with Crippen molar-refractivity contribution in [1.29, 1.82) is 0 Å². The predicted molar refractivity (Wildman–Crippen MR) is 108 cm³/mol. The lowest BCUT2D eigenvalue weighted by molar-refractivity contribution is 0.0973. The summed E-state index contributed by atoms with van der Waals surface area (Å²) in [5.41, 5.74) is 15.2. The summed E-state index contributed by atoms with van der Waals surface area (Å²) < 4.78 is 7.90. The zero-order chi connectivity index (χ0) is 19.3. The molecule has 2 atom stereocenters. The lowest BCUT2D eigenvalue weighted by atomic mass is 9.73. The third kappa shape index (κ3) is 2.63. The molecular formula is C20H25N7O. The molecule has 0 radical (unpaired) electrons. The fourth-order valence-electron chi connectivity index (χ4n) is 4.58. The van der Waals surface area contributed by atoms with Gasteiger partial charge < -0.3 is 21.1 Å². The van der Waals surface area contributed by atoms with Crippen LogP contribution in [-0.4, -0.2) is 51.2 Å². The summed E-state index contributed by atoms with van der Waals surface area (Å²) >= 11 is 0. The van der Waals surface area contributed by atoms with Crippen LogP contribution < -0.4 is 16.4 Å². The Morgan fingerprint density at radius 2 is 2.00 bits per heavy atom. The minimum atomic E-state index is 0.0957. The molecular weight excluding hydrogens is 354 g/mol. The number of ether oxygens (including phenoxy) is 1. The zero-order valence-electron chi connectivity index (χ0n) is 16.0. The highest BCUT2D eigenvalue weighted by Gasteiger charge is 2.47. The van der Waals surface area contributed by atoms with Crippen molar-refractivity contribution in [2.45, 2.75) is 31.9 Å². The first-order valence-electron chi connectivity index (χ1n) is 9.73. The van der Waals surface area contributed by atoms with Gasteiger partial charge in [-0.25, -0.2) is 15.0 Å². The number of fused-ring (bicyclic) bond motifs is 1. The van der Waals surface area contributed by atoms with Crippen LogP contribution in [-0.2, 0) is 4.74 Å². The highest BCUT2D eigenvalue weighted by molar-refractivity contribution is 5.79. The third-order valence-electron chi connectivity index (χ3n) is 6.39. The highest BCUT2D eigenvalue weighted by atomic mass is 16.5. The summed E-state index contributed by atoms with van der Waals surface area (Å²) in [6.07, 6.45) is 9.51. The van der Waals surface area contributed by atoms with Crippen molar-refractivity contribution in [3.63, 3.8) is 0 Å². The first-order valence-corrected chi connectivity index (χ1v) is 9.73. The number of imidazole rings is 1. The molecule has 5 rings (SSSR count). The van der Waals surface area contributed by atoms with Crippen LogP contribution in [0.1, 0.15) is 19.8 Å². The number of rotatable bonds is 2. The molecule has 0 unspecified atom stereocenters. The molecule has 146 valence electrons. The first kappa shape index (κ1) is 17.4. The number of hydrogen-bond acceptors (Lipinski definition) is 7. The molecule has 0 aliphatic carbocycles. The quantitative estimate of drug-likeness (QED) is 0.698. The van der Waals surface area contributed by atoms with Gasteiger partial charge in [-0.3, -0.25) is 4.40 Å². The number of nitrogens with two attached hydrogens (primary N) is 2. The lowest BCUT2D eigenvalue weighted by Gasteiger charge is -2.41. The topological polar surface area (TPSA) is 108 Å². The van der Waals surface area contributed by atoms with Gasteiger partial charge >= 0.3 is 0 Å². The Balaban J connectivity index is 1.45. The van der Waals surface area contributed by atoms with Gasteiger partial charge in [0.2, 0.25) is 5.95 Å². The van der Waals surface area contributed by atoms with Crippen molar-refractivity contribution in [2.24, 2.45) is 11.1 Å². The average molecular weight is 379 g/mol. The van der Waals surface area contributed by atoms with E-state index in [1.807, 2.05) is 30.7 Å². The molecule has 5 heterocycles. The Morgan fingerprint density at radius 1 is 1.18 bits per heavy atom. The van der Waals surface area contributed by atoms with E-state index in [0.29, 0.717) is 5.82 Å². The maximum absolute atomic E-state index is 6.45. The lowest BCUT2D eigenvalue weighted by Crippen LogP contribution is -2.51. The van der Waals surface area contributed by atoms with E-state index in [4.69, 9.17) is 21.2 Å². The number of aromatic nitrogens is 4. The molecule has 0 aromatic carbocycles. The summed E-state index contributed by atoms with van der Waals surface area (Å²) in [7, 11) is 0. The molecule has 0 amide bonds. The van der Waals surface area contributed by atoms with E-state index >= 15 is 0 Å². The normalized spacial score (nSPS) is 24.3. The minimum Gasteiger partial charge on any atom is -0.384 e. The van der Waals surface area contributed by atoms with Crippen LogP contribution in [0.15, 0.2) is 36.9 Å². The Labute approximate surface area is 163 Å². The number of piperidine rings is 1. The third-order valence-corrected chi connectivity index (χ3v) is 6.39. The highest BCUT2D eigenvalue weighted by Crippen LogP contribution is 2.42. The number of nitrogen functional groups attached to an aromatic ring is 1. The Morgan fingerprint density at radius 3 is 2.71 bits per heavy atom. The molecule has 2 saturated heterocycles. The number of pyridine rings is 1. The molecule has 28 heavy (non-hydrogen) atoms. The van der Waals surface area contributed by atoms with Crippen LogP contribution >= 0.6 is 0 Å². The van der Waals surface area contributed by atoms with Crippen LogP contribution in [0.25, 0.3) is 16.8 Å². The molecule has 0 saturated carbocycles. The Hall–Kier alpha value is -2.71. The van der Waals surface area contributed by atoms with E-state index in [-0.39, 0.29) is 17.6 Å². The number of hydrogen-bond donors (Lipinski definition) is 2. The molecule has 3 aromatic heterocycles. The molecule has 8 heteroatoms. The summed E-state index contributed by atoms with van der Waals surface area (Å²) in [6.45, 7) is 4.66. The number of nitrogens with zero attached hydrogens (tertiary/aromatic N) is 5. The van der Waals surface area contributed by atoms with Gasteiger partial charge in [-0.2, -0.15) is 0 Å².